The molecule has 2 rings (SSSR count). The van der Waals surface area contributed by atoms with Gasteiger partial charge in [0, 0.05) is 13.1 Å². The Morgan fingerprint density at radius 2 is 1.48 bits per heavy atom. The summed E-state index contributed by atoms with van der Waals surface area (Å²) in [5, 5.41) is 0. The van der Waals surface area contributed by atoms with Gasteiger partial charge in [0.2, 0.25) is 0 Å². The van der Waals surface area contributed by atoms with E-state index in [0.29, 0.717) is 10.8 Å². The van der Waals surface area contributed by atoms with Crippen LogP contribution in [-0.4, -0.2) is 24.7 Å². The number of likely N-dealkylation sites (tertiary alicyclic amines) is 1. The summed E-state index contributed by atoms with van der Waals surface area (Å²) in [6.45, 7) is 17.7. The van der Waals surface area contributed by atoms with Crippen LogP contribution in [0.5, 0.6) is 0 Å². The summed E-state index contributed by atoms with van der Waals surface area (Å²) in [6.07, 6.45) is 2.44. The summed E-state index contributed by atoms with van der Waals surface area (Å²) < 4.78 is 5.87. The molecule has 1 aromatic carbocycles. The Kier molecular flexibility index (Phi) is 5.91. The van der Waals surface area contributed by atoms with Crippen LogP contribution in [0.2, 0.25) is 0 Å². The molecule has 23 heavy (non-hydrogen) atoms. The molecule has 0 saturated carbocycles. The van der Waals surface area contributed by atoms with Gasteiger partial charge in [-0.05, 0) is 40.7 Å². The lowest BCUT2D eigenvalue weighted by Gasteiger charge is -2.41. The Hall–Kier alpha value is -0.860. The first-order valence-corrected chi connectivity index (χ1v) is 8.99. The van der Waals surface area contributed by atoms with Crippen LogP contribution in [0, 0.1) is 16.7 Å². The second-order valence-electron chi connectivity index (χ2n) is 9.70. The molecule has 130 valence electrons. The number of rotatable bonds is 6. The van der Waals surface area contributed by atoms with Crippen molar-refractivity contribution in [2.24, 2.45) is 16.7 Å². The number of benzene rings is 1. The second kappa shape index (κ2) is 7.36. The molecule has 2 nitrogen and oxygen atoms in total. The Bertz CT molecular complexity index is 472. The molecule has 1 heterocycles. The zero-order valence-electron chi connectivity index (χ0n) is 16.0. The Labute approximate surface area is 143 Å². The van der Waals surface area contributed by atoms with Gasteiger partial charge in [-0.2, -0.15) is 0 Å². The Morgan fingerprint density at radius 1 is 0.913 bits per heavy atom. The fourth-order valence-corrected chi connectivity index (χ4v) is 3.44. The van der Waals surface area contributed by atoms with E-state index in [1.165, 1.54) is 30.6 Å². The average Bonchev–Trinajstić information content (AvgIpc) is 2.34. The summed E-state index contributed by atoms with van der Waals surface area (Å²) in [6, 6.07) is 8.90. The van der Waals surface area contributed by atoms with Crippen LogP contribution in [-0.2, 0) is 17.8 Å². The van der Waals surface area contributed by atoms with Crippen LogP contribution in [0.3, 0.4) is 0 Å². The molecule has 1 aromatic rings. The topological polar surface area (TPSA) is 12.5 Å². The number of hydrogen-bond acceptors (Lipinski definition) is 2. The molecule has 0 N–H and O–H groups in total. The molecule has 0 aromatic heterocycles. The third-order valence-corrected chi connectivity index (χ3v) is 4.23. The highest BCUT2D eigenvalue weighted by molar-refractivity contribution is 5.22. The molecule has 1 fully saturated rings. The lowest BCUT2D eigenvalue weighted by Crippen LogP contribution is -2.48. The fraction of sp³-hybridized carbons (Fsp3) is 0.714. The molecule has 1 aliphatic heterocycles. The van der Waals surface area contributed by atoms with Crippen LogP contribution >= 0.6 is 0 Å². The van der Waals surface area contributed by atoms with E-state index in [1.54, 1.807) is 0 Å². The molecule has 1 saturated heterocycles. The monoisotopic (exact) mass is 317 g/mol. The van der Waals surface area contributed by atoms with Crippen molar-refractivity contribution in [3.63, 3.8) is 0 Å². The van der Waals surface area contributed by atoms with E-state index >= 15 is 0 Å². The highest BCUT2D eigenvalue weighted by Crippen LogP contribution is 2.30. The molecule has 0 atom stereocenters. The molecule has 0 amide bonds. The van der Waals surface area contributed by atoms with Gasteiger partial charge in [0.1, 0.15) is 0 Å². The molecule has 0 radical (unpaired) electrons. The summed E-state index contributed by atoms with van der Waals surface area (Å²) in [7, 11) is 0. The predicted molar refractivity (Wildman–Crippen MR) is 98.4 cm³/mol. The quantitative estimate of drug-likeness (QED) is 0.722. The van der Waals surface area contributed by atoms with Gasteiger partial charge in [0.15, 0.2) is 0 Å². The lowest BCUT2D eigenvalue weighted by molar-refractivity contribution is -0.0467. The van der Waals surface area contributed by atoms with Crippen LogP contribution in [0.15, 0.2) is 24.3 Å². The van der Waals surface area contributed by atoms with Crippen LogP contribution in [0.4, 0.5) is 0 Å². The van der Waals surface area contributed by atoms with Crippen molar-refractivity contribution < 1.29 is 4.74 Å². The number of nitrogens with zero attached hydrogens (tertiary/aromatic N) is 1. The second-order valence-corrected chi connectivity index (χ2v) is 9.70. The Morgan fingerprint density at radius 3 is 2.00 bits per heavy atom. The van der Waals surface area contributed by atoms with Crippen molar-refractivity contribution in [2.45, 2.75) is 61.0 Å². The lowest BCUT2D eigenvalue weighted by atomic mass is 9.81. The van der Waals surface area contributed by atoms with Gasteiger partial charge in [0.05, 0.1) is 13.3 Å². The first-order chi connectivity index (χ1) is 10.6. The number of ether oxygens (including phenoxy) is 1. The summed E-state index contributed by atoms with van der Waals surface area (Å²) in [5.74, 6) is 0.857. The molecule has 2 heteroatoms. The molecular formula is C21H35NO. The largest absolute Gasteiger partial charge is 0.361 e. The number of hydrogen-bond donors (Lipinski definition) is 0. The maximum Gasteiger partial charge on any atom is 0.0995 e. The SMILES string of the molecule is CC(C)(C)Cc1ccc(COCN2CC(CC(C)(C)C)C2)cc1. The summed E-state index contributed by atoms with van der Waals surface area (Å²) >= 11 is 0. The van der Waals surface area contributed by atoms with E-state index in [1.807, 2.05) is 0 Å². The maximum absolute atomic E-state index is 5.87. The summed E-state index contributed by atoms with van der Waals surface area (Å²) in [5.41, 5.74) is 3.48. The molecule has 0 spiro atoms. The highest BCUT2D eigenvalue weighted by Gasteiger charge is 2.29. The van der Waals surface area contributed by atoms with E-state index in [4.69, 9.17) is 4.74 Å². The third kappa shape index (κ3) is 7.05. The Balaban J connectivity index is 1.64. The molecule has 0 aliphatic carbocycles. The van der Waals surface area contributed by atoms with E-state index in [-0.39, 0.29) is 0 Å². The minimum absolute atomic E-state index is 0.346. The highest BCUT2D eigenvalue weighted by atomic mass is 16.5. The predicted octanol–water partition coefficient (Wildman–Crippen LogP) is 5.12. The van der Waals surface area contributed by atoms with Crippen molar-refractivity contribution in [3.05, 3.63) is 35.4 Å². The average molecular weight is 318 g/mol. The third-order valence-electron chi connectivity index (χ3n) is 4.23. The van der Waals surface area contributed by atoms with Crippen molar-refractivity contribution in [2.75, 3.05) is 19.8 Å². The van der Waals surface area contributed by atoms with Crippen LogP contribution in [0.1, 0.15) is 59.1 Å². The van der Waals surface area contributed by atoms with Gasteiger partial charge in [-0.1, -0.05) is 65.8 Å². The van der Waals surface area contributed by atoms with E-state index < -0.39 is 0 Å². The molecule has 1 aliphatic rings. The normalized spacial score (nSPS) is 17.3. The maximum atomic E-state index is 5.87. The van der Waals surface area contributed by atoms with Gasteiger partial charge in [-0.3, -0.25) is 4.90 Å². The zero-order chi connectivity index (χ0) is 17.1. The van der Waals surface area contributed by atoms with Gasteiger partial charge >= 0.3 is 0 Å². The van der Waals surface area contributed by atoms with Gasteiger partial charge in [-0.25, -0.2) is 0 Å². The minimum atomic E-state index is 0.346. The van der Waals surface area contributed by atoms with Crippen LogP contribution < -0.4 is 0 Å². The molecule has 0 unspecified atom stereocenters. The molecule has 0 bridgehead atoms. The van der Waals surface area contributed by atoms with E-state index in [2.05, 4.69) is 70.7 Å². The first kappa shape index (κ1) is 18.5. The fourth-order valence-electron chi connectivity index (χ4n) is 3.44. The van der Waals surface area contributed by atoms with Crippen molar-refractivity contribution in [1.29, 1.82) is 0 Å². The van der Waals surface area contributed by atoms with E-state index in [0.717, 1.165) is 25.7 Å². The summed E-state index contributed by atoms with van der Waals surface area (Å²) in [4.78, 5) is 2.41. The standard InChI is InChI=1S/C21H35NO/c1-20(2,3)11-17-7-9-18(10-8-17)15-23-16-22-13-19(14-22)12-21(4,5)6/h7-10,19H,11-16H2,1-6H3. The van der Waals surface area contributed by atoms with Crippen molar-refractivity contribution >= 4 is 0 Å². The van der Waals surface area contributed by atoms with Crippen LogP contribution in [0.25, 0.3) is 0 Å². The van der Waals surface area contributed by atoms with Crippen molar-refractivity contribution in [3.8, 4) is 0 Å². The zero-order valence-corrected chi connectivity index (χ0v) is 16.0. The van der Waals surface area contributed by atoms with Gasteiger partial charge in [-0.15, -0.1) is 0 Å². The minimum Gasteiger partial charge on any atom is -0.361 e. The first-order valence-electron chi connectivity index (χ1n) is 8.99. The van der Waals surface area contributed by atoms with Crippen molar-refractivity contribution in [1.82, 2.24) is 4.90 Å². The van der Waals surface area contributed by atoms with Gasteiger partial charge in [0.25, 0.3) is 0 Å². The van der Waals surface area contributed by atoms with Gasteiger partial charge < -0.3 is 4.74 Å². The smallest absolute Gasteiger partial charge is 0.0995 e. The molecular weight excluding hydrogens is 282 g/mol. The van der Waals surface area contributed by atoms with E-state index in [9.17, 15) is 0 Å².